The predicted octanol–water partition coefficient (Wildman–Crippen LogP) is 3.61. The van der Waals surface area contributed by atoms with E-state index in [0.717, 1.165) is 34.5 Å². The van der Waals surface area contributed by atoms with E-state index in [-0.39, 0.29) is 0 Å². The third-order valence-corrected chi connectivity index (χ3v) is 3.64. The molecule has 0 aromatic carbocycles. The quantitative estimate of drug-likeness (QED) is 0.793. The van der Waals surface area contributed by atoms with Crippen molar-refractivity contribution in [3.05, 3.63) is 40.0 Å². The van der Waals surface area contributed by atoms with E-state index in [9.17, 15) is 0 Å². The van der Waals surface area contributed by atoms with Gasteiger partial charge in [0.15, 0.2) is 0 Å². The summed E-state index contributed by atoms with van der Waals surface area (Å²) >= 11 is 3.31. The first-order valence-corrected chi connectivity index (χ1v) is 7.17. The lowest BCUT2D eigenvalue weighted by atomic mass is 9.97. The van der Waals surface area contributed by atoms with Gasteiger partial charge in [0, 0.05) is 5.56 Å². The maximum atomic E-state index is 5.88. The largest absolute Gasteiger partial charge is 0.437 e. The van der Waals surface area contributed by atoms with Crippen LogP contribution in [0.1, 0.15) is 29.9 Å². The molecule has 98 valence electrons. The number of fused-ring (bicyclic) bond motifs is 1. The van der Waals surface area contributed by atoms with Crippen molar-refractivity contribution in [2.75, 3.05) is 0 Å². The van der Waals surface area contributed by atoms with Crippen LogP contribution in [0.2, 0.25) is 0 Å². The lowest BCUT2D eigenvalue weighted by molar-refractivity contribution is 0.443. The molecule has 0 N–H and O–H groups in total. The zero-order valence-electron chi connectivity index (χ0n) is 10.7. The maximum Gasteiger partial charge on any atom is 0.226 e. The lowest BCUT2D eigenvalue weighted by Gasteiger charge is -2.18. The van der Waals surface area contributed by atoms with E-state index in [1.807, 2.05) is 19.1 Å². The van der Waals surface area contributed by atoms with Crippen molar-refractivity contribution in [3.8, 4) is 11.6 Å². The van der Waals surface area contributed by atoms with Gasteiger partial charge in [-0.05, 0) is 60.7 Å². The fourth-order valence-corrected chi connectivity index (χ4v) is 2.53. The molecule has 0 saturated carbocycles. The second-order valence-electron chi connectivity index (χ2n) is 4.63. The Morgan fingerprint density at radius 3 is 2.79 bits per heavy atom. The average Bonchev–Trinajstić information content (AvgIpc) is 2.41. The summed E-state index contributed by atoms with van der Waals surface area (Å²) in [6, 6.07) is 3.74. The Morgan fingerprint density at radius 1 is 1.16 bits per heavy atom. The van der Waals surface area contributed by atoms with Gasteiger partial charge in [-0.1, -0.05) is 0 Å². The summed E-state index contributed by atoms with van der Waals surface area (Å²) in [7, 11) is 0. The molecule has 0 aliphatic heterocycles. The molecule has 2 aromatic rings. The molecule has 5 heteroatoms. The van der Waals surface area contributed by atoms with E-state index in [0.29, 0.717) is 11.6 Å². The SMILES string of the molecule is Cc1nc2c(c(Oc3ccc(Br)nc3)n1)CCCC2. The normalized spacial score (nSPS) is 14.0. The topological polar surface area (TPSA) is 47.9 Å². The minimum atomic E-state index is 0.686. The van der Waals surface area contributed by atoms with Gasteiger partial charge in [0.2, 0.25) is 5.88 Å². The zero-order chi connectivity index (χ0) is 13.2. The molecular formula is C14H14BrN3O. The van der Waals surface area contributed by atoms with Crippen molar-refractivity contribution in [1.29, 1.82) is 0 Å². The smallest absolute Gasteiger partial charge is 0.226 e. The molecule has 3 rings (SSSR count). The van der Waals surface area contributed by atoms with Crippen LogP contribution in [-0.4, -0.2) is 15.0 Å². The molecule has 2 heterocycles. The van der Waals surface area contributed by atoms with Crippen molar-refractivity contribution in [2.24, 2.45) is 0 Å². The summed E-state index contributed by atoms with van der Waals surface area (Å²) in [5.74, 6) is 2.15. The van der Waals surface area contributed by atoms with Crippen LogP contribution in [0.3, 0.4) is 0 Å². The molecule has 1 aliphatic carbocycles. The van der Waals surface area contributed by atoms with Crippen LogP contribution in [0.15, 0.2) is 22.9 Å². The predicted molar refractivity (Wildman–Crippen MR) is 75.4 cm³/mol. The number of aryl methyl sites for hydroxylation is 2. The molecule has 19 heavy (non-hydrogen) atoms. The molecular weight excluding hydrogens is 306 g/mol. The van der Waals surface area contributed by atoms with Crippen molar-refractivity contribution in [1.82, 2.24) is 15.0 Å². The standard InChI is InChI=1S/C14H14BrN3O/c1-9-17-12-5-3-2-4-11(12)14(18-9)19-10-6-7-13(15)16-8-10/h6-8H,2-5H2,1H3. The molecule has 0 amide bonds. The number of hydrogen-bond acceptors (Lipinski definition) is 4. The second kappa shape index (κ2) is 5.25. The van der Waals surface area contributed by atoms with Crippen LogP contribution in [0.5, 0.6) is 11.6 Å². The van der Waals surface area contributed by atoms with E-state index >= 15 is 0 Å². The summed E-state index contributed by atoms with van der Waals surface area (Å²) < 4.78 is 6.67. The monoisotopic (exact) mass is 319 g/mol. The fourth-order valence-electron chi connectivity index (χ4n) is 2.30. The van der Waals surface area contributed by atoms with E-state index in [4.69, 9.17) is 4.74 Å². The Labute approximate surface area is 120 Å². The summed E-state index contributed by atoms with van der Waals surface area (Å²) in [4.78, 5) is 13.1. The molecule has 0 unspecified atom stereocenters. The van der Waals surface area contributed by atoms with Crippen LogP contribution in [0, 0.1) is 6.92 Å². The summed E-state index contributed by atoms with van der Waals surface area (Å²) in [5, 5.41) is 0. The number of ether oxygens (including phenoxy) is 1. The third kappa shape index (κ3) is 2.76. The number of rotatable bonds is 2. The molecule has 2 aromatic heterocycles. The highest BCUT2D eigenvalue weighted by Gasteiger charge is 2.18. The highest BCUT2D eigenvalue weighted by Crippen LogP contribution is 2.30. The minimum absolute atomic E-state index is 0.686. The molecule has 4 nitrogen and oxygen atoms in total. The first-order valence-electron chi connectivity index (χ1n) is 6.38. The first kappa shape index (κ1) is 12.5. The molecule has 0 radical (unpaired) electrons. The number of halogens is 1. The first-order chi connectivity index (χ1) is 9.22. The Hall–Kier alpha value is -1.49. The summed E-state index contributed by atoms with van der Waals surface area (Å²) in [6.07, 6.45) is 6.08. The van der Waals surface area contributed by atoms with E-state index < -0.39 is 0 Å². The maximum absolute atomic E-state index is 5.88. The van der Waals surface area contributed by atoms with E-state index in [2.05, 4.69) is 30.9 Å². The Morgan fingerprint density at radius 2 is 2.00 bits per heavy atom. The van der Waals surface area contributed by atoms with E-state index in [1.54, 1.807) is 6.20 Å². The van der Waals surface area contributed by atoms with Crippen molar-refractivity contribution in [2.45, 2.75) is 32.6 Å². The number of aromatic nitrogens is 3. The lowest BCUT2D eigenvalue weighted by Crippen LogP contribution is -2.10. The van der Waals surface area contributed by atoms with E-state index in [1.165, 1.54) is 12.8 Å². The molecule has 0 spiro atoms. The molecule has 0 bridgehead atoms. The fraction of sp³-hybridized carbons (Fsp3) is 0.357. The minimum Gasteiger partial charge on any atom is -0.437 e. The van der Waals surface area contributed by atoms with Crippen molar-refractivity contribution in [3.63, 3.8) is 0 Å². The second-order valence-corrected chi connectivity index (χ2v) is 5.44. The summed E-state index contributed by atoms with van der Waals surface area (Å²) in [5.41, 5.74) is 2.29. The Bertz CT molecular complexity index is 598. The van der Waals surface area contributed by atoms with Crippen molar-refractivity contribution >= 4 is 15.9 Å². The van der Waals surface area contributed by atoms with Crippen LogP contribution >= 0.6 is 15.9 Å². The van der Waals surface area contributed by atoms with Gasteiger partial charge in [-0.2, -0.15) is 4.98 Å². The van der Waals surface area contributed by atoms with Gasteiger partial charge in [-0.25, -0.2) is 9.97 Å². The van der Waals surface area contributed by atoms with Crippen LogP contribution in [0.25, 0.3) is 0 Å². The van der Waals surface area contributed by atoms with Gasteiger partial charge in [0.1, 0.15) is 16.2 Å². The zero-order valence-corrected chi connectivity index (χ0v) is 12.3. The van der Waals surface area contributed by atoms with Crippen LogP contribution in [-0.2, 0) is 12.8 Å². The third-order valence-electron chi connectivity index (χ3n) is 3.17. The van der Waals surface area contributed by atoms with Crippen LogP contribution in [0.4, 0.5) is 0 Å². The number of nitrogens with zero attached hydrogens (tertiary/aromatic N) is 3. The Balaban J connectivity index is 1.95. The highest BCUT2D eigenvalue weighted by molar-refractivity contribution is 9.10. The van der Waals surface area contributed by atoms with Gasteiger partial charge < -0.3 is 4.74 Å². The van der Waals surface area contributed by atoms with Gasteiger partial charge >= 0.3 is 0 Å². The van der Waals surface area contributed by atoms with Gasteiger partial charge in [-0.15, -0.1) is 0 Å². The molecule has 0 atom stereocenters. The van der Waals surface area contributed by atoms with Gasteiger partial charge in [0.25, 0.3) is 0 Å². The van der Waals surface area contributed by atoms with Crippen molar-refractivity contribution < 1.29 is 4.74 Å². The number of pyridine rings is 1. The molecule has 0 saturated heterocycles. The highest BCUT2D eigenvalue weighted by atomic mass is 79.9. The average molecular weight is 320 g/mol. The summed E-state index contributed by atoms with van der Waals surface area (Å²) in [6.45, 7) is 1.90. The molecule has 1 aliphatic rings. The Kier molecular flexibility index (Phi) is 3.46. The molecule has 0 fully saturated rings. The van der Waals surface area contributed by atoms with Gasteiger partial charge in [-0.3, -0.25) is 0 Å². The van der Waals surface area contributed by atoms with Crippen LogP contribution < -0.4 is 4.74 Å². The van der Waals surface area contributed by atoms with Gasteiger partial charge in [0.05, 0.1) is 11.9 Å². The number of hydrogen-bond donors (Lipinski definition) is 0.